The Labute approximate surface area is 186 Å². The quantitative estimate of drug-likeness (QED) is 0.302. The molecule has 5 atom stereocenters. The third-order valence-corrected chi connectivity index (χ3v) is 5.42. The molecule has 2 aromatic carbocycles. The summed E-state index contributed by atoms with van der Waals surface area (Å²) in [6.45, 7) is -0.633. The number of rotatable bonds is 5. The number of hydrogen-bond donors (Lipinski definition) is 6. The van der Waals surface area contributed by atoms with Crippen molar-refractivity contribution in [3.8, 4) is 34.1 Å². The molecule has 1 saturated heterocycles. The van der Waals surface area contributed by atoms with Crippen LogP contribution in [0.3, 0.4) is 0 Å². The molecular formula is C22H22O11. The molecule has 0 bridgehead atoms. The first-order chi connectivity index (χ1) is 15.7. The van der Waals surface area contributed by atoms with Crippen molar-refractivity contribution >= 4 is 11.0 Å². The second kappa shape index (κ2) is 8.89. The molecule has 0 amide bonds. The molecule has 1 fully saturated rings. The summed E-state index contributed by atoms with van der Waals surface area (Å²) in [6.07, 6.45) is -6.35. The molecule has 1 aliphatic rings. The van der Waals surface area contributed by atoms with Gasteiger partial charge in [-0.2, -0.15) is 0 Å². The fourth-order valence-electron chi connectivity index (χ4n) is 3.63. The molecule has 33 heavy (non-hydrogen) atoms. The average molecular weight is 462 g/mol. The van der Waals surface area contributed by atoms with Crippen molar-refractivity contribution in [2.24, 2.45) is 0 Å². The predicted molar refractivity (Wildman–Crippen MR) is 112 cm³/mol. The summed E-state index contributed by atoms with van der Waals surface area (Å²) in [5.74, 6) is -0.508. The Hall–Kier alpha value is -3.35. The number of ether oxygens (including phenoxy) is 3. The van der Waals surface area contributed by atoms with Gasteiger partial charge >= 0.3 is 0 Å². The lowest BCUT2D eigenvalue weighted by Gasteiger charge is -2.39. The zero-order chi connectivity index (χ0) is 23.9. The Bertz CT molecular complexity index is 1220. The van der Waals surface area contributed by atoms with Gasteiger partial charge in [0, 0.05) is 12.1 Å². The van der Waals surface area contributed by atoms with Gasteiger partial charge in [-0.1, -0.05) is 6.07 Å². The Morgan fingerprint density at radius 1 is 1.00 bits per heavy atom. The first-order valence-corrected chi connectivity index (χ1v) is 9.88. The Kier molecular flexibility index (Phi) is 6.15. The highest BCUT2D eigenvalue weighted by Crippen LogP contribution is 2.34. The van der Waals surface area contributed by atoms with Crippen molar-refractivity contribution in [2.75, 3.05) is 13.7 Å². The lowest BCUT2D eigenvalue weighted by molar-refractivity contribution is -0.277. The van der Waals surface area contributed by atoms with E-state index in [9.17, 15) is 35.4 Å². The monoisotopic (exact) mass is 462 g/mol. The summed E-state index contributed by atoms with van der Waals surface area (Å²) in [6, 6.07) is 6.71. The van der Waals surface area contributed by atoms with Gasteiger partial charge in [-0.25, -0.2) is 0 Å². The molecule has 0 aliphatic carbocycles. The van der Waals surface area contributed by atoms with Gasteiger partial charge in [0.25, 0.3) is 0 Å². The Morgan fingerprint density at radius 3 is 2.42 bits per heavy atom. The van der Waals surface area contributed by atoms with Gasteiger partial charge in [-0.15, -0.1) is 0 Å². The number of hydrogen-bond acceptors (Lipinski definition) is 11. The van der Waals surface area contributed by atoms with Crippen molar-refractivity contribution in [2.45, 2.75) is 30.7 Å². The van der Waals surface area contributed by atoms with Gasteiger partial charge in [0.15, 0.2) is 11.5 Å². The molecule has 6 N–H and O–H groups in total. The van der Waals surface area contributed by atoms with E-state index in [-0.39, 0.29) is 33.8 Å². The van der Waals surface area contributed by atoms with Crippen molar-refractivity contribution in [1.29, 1.82) is 0 Å². The van der Waals surface area contributed by atoms with Gasteiger partial charge in [0.05, 0.1) is 19.3 Å². The van der Waals surface area contributed by atoms with Crippen molar-refractivity contribution in [3.63, 3.8) is 0 Å². The van der Waals surface area contributed by atoms with Crippen LogP contribution in [0.15, 0.2) is 45.8 Å². The molecule has 1 aliphatic heterocycles. The number of phenolic OH excluding ortho intramolecular Hbond substituents is 2. The lowest BCUT2D eigenvalue weighted by Crippen LogP contribution is -2.60. The second-order valence-corrected chi connectivity index (χ2v) is 7.50. The van der Waals surface area contributed by atoms with Gasteiger partial charge in [0.2, 0.25) is 11.7 Å². The highest BCUT2D eigenvalue weighted by atomic mass is 16.7. The van der Waals surface area contributed by atoms with E-state index in [0.717, 1.165) is 12.3 Å². The molecule has 0 spiro atoms. The molecule has 0 radical (unpaired) electrons. The largest absolute Gasteiger partial charge is 0.507 e. The maximum absolute atomic E-state index is 13.0. The van der Waals surface area contributed by atoms with Gasteiger partial charge in [0.1, 0.15) is 53.1 Å². The number of aliphatic hydroxyl groups is 4. The van der Waals surface area contributed by atoms with Gasteiger partial charge in [-0.05, 0) is 17.7 Å². The second-order valence-electron chi connectivity index (χ2n) is 7.50. The molecule has 11 heteroatoms. The number of methoxy groups -OCH3 is 1. The molecule has 3 aromatic rings. The highest BCUT2D eigenvalue weighted by Gasteiger charge is 2.44. The maximum Gasteiger partial charge on any atom is 0.229 e. The third kappa shape index (κ3) is 4.08. The van der Waals surface area contributed by atoms with E-state index in [1.165, 1.54) is 25.3 Å². The van der Waals surface area contributed by atoms with Gasteiger partial charge in [-0.3, -0.25) is 4.79 Å². The zero-order valence-electron chi connectivity index (χ0n) is 17.3. The number of fused-ring (bicyclic) bond motifs is 1. The maximum atomic E-state index is 13.0. The normalized spacial score (nSPS) is 25.2. The number of aliphatic hydroxyl groups excluding tert-OH is 4. The van der Waals surface area contributed by atoms with E-state index in [1.807, 2.05) is 0 Å². The third-order valence-electron chi connectivity index (χ3n) is 5.42. The van der Waals surface area contributed by atoms with Crippen molar-refractivity contribution in [1.82, 2.24) is 0 Å². The van der Waals surface area contributed by atoms with Crippen molar-refractivity contribution in [3.05, 3.63) is 46.8 Å². The van der Waals surface area contributed by atoms with E-state index in [2.05, 4.69) is 0 Å². The molecule has 4 rings (SSSR count). The molecule has 11 nitrogen and oxygen atoms in total. The van der Waals surface area contributed by atoms with Crippen LogP contribution in [-0.4, -0.2) is 75.1 Å². The van der Waals surface area contributed by atoms with E-state index in [4.69, 9.17) is 18.6 Å². The summed E-state index contributed by atoms with van der Waals surface area (Å²) in [5.41, 5.74) is -0.192. The molecule has 0 unspecified atom stereocenters. The first kappa shape index (κ1) is 22.8. The summed E-state index contributed by atoms with van der Waals surface area (Å²) in [4.78, 5) is 13.0. The summed E-state index contributed by atoms with van der Waals surface area (Å²) < 4.78 is 21.3. The van der Waals surface area contributed by atoms with Crippen LogP contribution in [0.1, 0.15) is 0 Å². The minimum Gasteiger partial charge on any atom is -0.507 e. The minimum atomic E-state index is -1.65. The van der Waals surface area contributed by atoms with Crippen LogP contribution in [0.25, 0.3) is 22.1 Å². The Morgan fingerprint density at radius 2 is 1.76 bits per heavy atom. The number of phenols is 2. The highest BCUT2D eigenvalue weighted by molar-refractivity contribution is 5.88. The smallest absolute Gasteiger partial charge is 0.229 e. The lowest BCUT2D eigenvalue weighted by atomic mass is 9.99. The molecule has 176 valence electrons. The summed E-state index contributed by atoms with van der Waals surface area (Å²) in [7, 11) is 1.39. The van der Waals surface area contributed by atoms with Crippen LogP contribution in [0, 0.1) is 0 Å². The fraction of sp³-hybridized carbons (Fsp3) is 0.318. The van der Waals surface area contributed by atoms with Crippen LogP contribution in [0.2, 0.25) is 0 Å². The van der Waals surface area contributed by atoms with Crippen LogP contribution in [-0.2, 0) is 4.74 Å². The van der Waals surface area contributed by atoms with Crippen LogP contribution < -0.4 is 14.9 Å². The van der Waals surface area contributed by atoms with E-state index in [1.54, 1.807) is 6.07 Å². The van der Waals surface area contributed by atoms with Gasteiger partial charge < -0.3 is 49.3 Å². The van der Waals surface area contributed by atoms with E-state index < -0.39 is 48.5 Å². The minimum absolute atomic E-state index is 0.0407. The molecule has 0 saturated carbocycles. The number of benzene rings is 2. The Balaban J connectivity index is 1.68. The zero-order valence-corrected chi connectivity index (χ0v) is 17.3. The standard InChI is InChI=1S/C22H22O11/c1-30-14-3-2-9(4-12(14)24)11-8-31-15-6-10(5-13(25)17(15)18(11)26)32-22-21(29)20(28)19(27)16(7-23)33-22/h2-6,8,16,19-25,27-29H,7H2,1H3/t16-,19-,20+,21-,22-/m1/s1. The van der Waals surface area contributed by atoms with E-state index >= 15 is 0 Å². The summed E-state index contributed by atoms with van der Waals surface area (Å²) in [5, 5.41) is 59.5. The molecule has 2 heterocycles. The SMILES string of the molecule is COc1ccc(-c2coc3cc(O[C@@H]4O[C@H](CO)[C@@H](O)[C@H](O)[C@H]4O)cc(O)c3c2=O)cc1O. The predicted octanol–water partition coefficient (Wildman–Crippen LogP) is 0.0585. The van der Waals surface area contributed by atoms with Crippen LogP contribution in [0.5, 0.6) is 23.0 Å². The van der Waals surface area contributed by atoms with E-state index in [0.29, 0.717) is 5.56 Å². The first-order valence-electron chi connectivity index (χ1n) is 9.88. The molecule has 1 aromatic heterocycles. The van der Waals surface area contributed by atoms with Crippen molar-refractivity contribution < 1.29 is 49.3 Å². The average Bonchev–Trinajstić information content (AvgIpc) is 2.79. The molecular weight excluding hydrogens is 440 g/mol. The topological polar surface area (TPSA) is 179 Å². The van der Waals surface area contributed by atoms with Crippen LogP contribution >= 0.6 is 0 Å². The summed E-state index contributed by atoms with van der Waals surface area (Å²) >= 11 is 0. The number of aromatic hydroxyl groups is 2. The van der Waals surface area contributed by atoms with Crippen LogP contribution in [0.4, 0.5) is 0 Å². The fourth-order valence-corrected chi connectivity index (χ4v) is 3.63.